The SMILES string of the molecule is CC(C)(CO)NC(=O)Nc1ccc(Br)nc1. The predicted octanol–water partition coefficient (Wildman–Crippen LogP) is 1.74. The van der Waals surface area contributed by atoms with Gasteiger partial charge in [-0.05, 0) is 41.9 Å². The van der Waals surface area contributed by atoms with E-state index in [4.69, 9.17) is 5.11 Å². The molecule has 0 saturated heterocycles. The van der Waals surface area contributed by atoms with Gasteiger partial charge in [0.25, 0.3) is 0 Å². The first kappa shape index (κ1) is 12.9. The monoisotopic (exact) mass is 287 g/mol. The van der Waals surface area contributed by atoms with Gasteiger partial charge in [-0.1, -0.05) is 0 Å². The number of amides is 2. The maximum Gasteiger partial charge on any atom is 0.319 e. The summed E-state index contributed by atoms with van der Waals surface area (Å²) in [4.78, 5) is 15.5. The van der Waals surface area contributed by atoms with E-state index in [2.05, 4.69) is 31.5 Å². The Kier molecular flexibility index (Phi) is 4.26. The Morgan fingerprint density at radius 2 is 2.25 bits per heavy atom. The van der Waals surface area contributed by atoms with E-state index in [-0.39, 0.29) is 12.6 Å². The molecule has 0 aliphatic rings. The minimum absolute atomic E-state index is 0.126. The summed E-state index contributed by atoms with van der Waals surface area (Å²) < 4.78 is 0.703. The second-order valence-electron chi connectivity index (χ2n) is 3.99. The molecule has 0 saturated carbocycles. The zero-order chi connectivity index (χ0) is 12.2. The minimum Gasteiger partial charge on any atom is -0.394 e. The molecule has 0 spiro atoms. The molecule has 0 aliphatic heterocycles. The number of anilines is 1. The lowest BCUT2D eigenvalue weighted by molar-refractivity contribution is 0.187. The van der Waals surface area contributed by atoms with Crippen molar-refractivity contribution in [3.05, 3.63) is 22.9 Å². The number of nitrogens with one attached hydrogen (secondary N) is 2. The fraction of sp³-hybridized carbons (Fsp3) is 0.400. The number of aromatic nitrogens is 1. The van der Waals surface area contributed by atoms with Crippen molar-refractivity contribution in [1.29, 1.82) is 0 Å². The number of urea groups is 1. The molecule has 16 heavy (non-hydrogen) atoms. The molecule has 1 rings (SSSR count). The van der Waals surface area contributed by atoms with E-state index >= 15 is 0 Å². The Labute approximate surface area is 102 Å². The van der Waals surface area contributed by atoms with Gasteiger partial charge in [-0.2, -0.15) is 0 Å². The molecule has 1 aromatic rings. The average molecular weight is 288 g/mol. The molecule has 5 nitrogen and oxygen atoms in total. The van der Waals surface area contributed by atoms with Gasteiger partial charge in [0.2, 0.25) is 0 Å². The number of aliphatic hydroxyl groups is 1. The van der Waals surface area contributed by atoms with Gasteiger partial charge in [0.1, 0.15) is 4.60 Å². The number of carbonyl (C=O) groups is 1. The van der Waals surface area contributed by atoms with Gasteiger partial charge in [0.05, 0.1) is 24.0 Å². The summed E-state index contributed by atoms with van der Waals surface area (Å²) in [5.74, 6) is 0. The van der Waals surface area contributed by atoms with E-state index < -0.39 is 5.54 Å². The van der Waals surface area contributed by atoms with Crippen LogP contribution in [0.15, 0.2) is 22.9 Å². The van der Waals surface area contributed by atoms with Crippen molar-refractivity contribution in [2.45, 2.75) is 19.4 Å². The number of halogens is 1. The van der Waals surface area contributed by atoms with Crippen LogP contribution in [-0.2, 0) is 0 Å². The summed E-state index contributed by atoms with van der Waals surface area (Å²) in [5, 5.41) is 14.2. The number of hydrogen-bond acceptors (Lipinski definition) is 3. The highest BCUT2D eigenvalue weighted by molar-refractivity contribution is 9.10. The van der Waals surface area contributed by atoms with E-state index in [1.807, 2.05) is 0 Å². The molecule has 0 aromatic carbocycles. The smallest absolute Gasteiger partial charge is 0.319 e. The lowest BCUT2D eigenvalue weighted by atomic mass is 10.1. The number of carbonyl (C=O) groups excluding carboxylic acids is 1. The minimum atomic E-state index is -0.646. The van der Waals surface area contributed by atoms with Crippen molar-refractivity contribution in [2.24, 2.45) is 0 Å². The summed E-state index contributed by atoms with van der Waals surface area (Å²) >= 11 is 3.20. The third-order valence-corrected chi connectivity index (χ3v) is 2.30. The normalized spacial score (nSPS) is 11.0. The van der Waals surface area contributed by atoms with Crippen LogP contribution >= 0.6 is 15.9 Å². The maximum atomic E-state index is 11.5. The van der Waals surface area contributed by atoms with Crippen LogP contribution in [0.25, 0.3) is 0 Å². The molecule has 2 amide bonds. The largest absolute Gasteiger partial charge is 0.394 e. The Balaban J connectivity index is 2.55. The fourth-order valence-electron chi connectivity index (χ4n) is 0.959. The third-order valence-electron chi connectivity index (χ3n) is 1.83. The zero-order valence-corrected chi connectivity index (χ0v) is 10.7. The Morgan fingerprint density at radius 3 is 2.75 bits per heavy atom. The van der Waals surface area contributed by atoms with E-state index in [1.54, 1.807) is 26.0 Å². The number of pyridine rings is 1. The maximum absolute atomic E-state index is 11.5. The summed E-state index contributed by atoms with van der Waals surface area (Å²) in [6.45, 7) is 3.33. The molecule has 0 aliphatic carbocycles. The van der Waals surface area contributed by atoms with Crippen molar-refractivity contribution in [1.82, 2.24) is 10.3 Å². The Morgan fingerprint density at radius 1 is 1.56 bits per heavy atom. The van der Waals surface area contributed by atoms with Crippen LogP contribution < -0.4 is 10.6 Å². The lowest BCUT2D eigenvalue weighted by Gasteiger charge is -2.23. The van der Waals surface area contributed by atoms with Crippen molar-refractivity contribution in [3.63, 3.8) is 0 Å². The molecule has 0 radical (unpaired) electrons. The van der Waals surface area contributed by atoms with Gasteiger partial charge in [0.15, 0.2) is 0 Å². The molecular formula is C10H14BrN3O2. The van der Waals surface area contributed by atoms with Crippen molar-refractivity contribution in [2.75, 3.05) is 11.9 Å². The highest BCUT2D eigenvalue weighted by atomic mass is 79.9. The first-order chi connectivity index (χ1) is 7.43. The van der Waals surface area contributed by atoms with Crippen LogP contribution in [0.2, 0.25) is 0 Å². The van der Waals surface area contributed by atoms with Gasteiger partial charge in [0, 0.05) is 0 Å². The molecule has 1 heterocycles. The lowest BCUT2D eigenvalue weighted by Crippen LogP contribution is -2.48. The second-order valence-corrected chi connectivity index (χ2v) is 4.80. The summed E-state index contributed by atoms with van der Waals surface area (Å²) in [6, 6.07) is 3.08. The number of rotatable bonds is 3. The van der Waals surface area contributed by atoms with Gasteiger partial charge in [-0.3, -0.25) is 0 Å². The second kappa shape index (κ2) is 5.27. The molecule has 0 bridgehead atoms. The Bertz CT molecular complexity index is 365. The van der Waals surface area contributed by atoms with Crippen LogP contribution in [-0.4, -0.2) is 28.3 Å². The van der Waals surface area contributed by atoms with E-state index in [0.29, 0.717) is 10.3 Å². The molecule has 88 valence electrons. The van der Waals surface area contributed by atoms with Crippen molar-refractivity contribution >= 4 is 27.6 Å². The van der Waals surface area contributed by atoms with Crippen molar-refractivity contribution < 1.29 is 9.90 Å². The third kappa shape index (κ3) is 4.16. The van der Waals surface area contributed by atoms with Crippen LogP contribution in [0.3, 0.4) is 0 Å². The topological polar surface area (TPSA) is 74.2 Å². The molecule has 0 unspecified atom stereocenters. The van der Waals surface area contributed by atoms with Gasteiger partial charge < -0.3 is 15.7 Å². The van der Waals surface area contributed by atoms with E-state index in [9.17, 15) is 4.79 Å². The van der Waals surface area contributed by atoms with Gasteiger partial charge >= 0.3 is 6.03 Å². The molecule has 6 heteroatoms. The number of aliphatic hydroxyl groups excluding tert-OH is 1. The standard InChI is InChI=1S/C10H14BrN3O2/c1-10(2,6-15)14-9(16)13-7-3-4-8(11)12-5-7/h3-5,15H,6H2,1-2H3,(H2,13,14,16). The van der Waals surface area contributed by atoms with E-state index in [1.165, 1.54) is 6.20 Å². The van der Waals surface area contributed by atoms with Crippen molar-refractivity contribution in [3.8, 4) is 0 Å². The Hall–Kier alpha value is -1.14. The molecule has 1 aromatic heterocycles. The summed E-state index contributed by atoms with van der Waals surface area (Å²) in [5.41, 5.74) is -0.0539. The van der Waals surface area contributed by atoms with Gasteiger partial charge in [-0.25, -0.2) is 9.78 Å². The molecule has 0 atom stereocenters. The molecular weight excluding hydrogens is 274 g/mol. The molecule has 0 fully saturated rings. The molecule has 3 N–H and O–H groups in total. The quantitative estimate of drug-likeness (QED) is 0.742. The number of hydrogen-bond donors (Lipinski definition) is 3. The van der Waals surface area contributed by atoms with Crippen LogP contribution in [0, 0.1) is 0 Å². The summed E-state index contributed by atoms with van der Waals surface area (Å²) in [6.07, 6.45) is 1.54. The highest BCUT2D eigenvalue weighted by Crippen LogP contribution is 2.10. The first-order valence-electron chi connectivity index (χ1n) is 4.74. The fourth-order valence-corrected chi connectivity index (χ4v) is 1.19. The average Bonchev–Trinajstić information content (AvgIpc) is 2.21. The summed E-state index contributed by atoms with van der Waals surface area (Å²) in [7, 11) is 0. The number of nitrogens with zero attached hydrogens (tertiary/aromatic N) is 1. The van der Waals surface area contributed by atoms with Crippen LogP contribution in [0.4, 0.5) is 10.5 Å². The zero-order valence-electron chi connectivity index (χ0n) is 9.12. The highest BCUT2D eigenvalue weighted by Gasteiger charge is 2.18. The van der Waals surface area contributed by atoms with E-state index in [0.717, 1.165) is 0 Å². The van der Waals surface area contributed by atoms with Crippen LogP contribution in [0.1, 0.15) is 13.8 Å². The first-order valence-corrected chi connectivity index (χ1v) is 5.54. The van der Waals surface area contributed by atoms with Crippen LogP contribution in [0.5, 0.6) is 0 Å². The van der Waals surface area contributed by atoms with Gasteiger partial charge in [-0.15, -0.1) is 0 Å². The predicted molar refractivity (Wildman–Crippen MR) is 65.3 cm³/mol.